The number of aromatic nitrogens is 1. The molecular weight excluding hydrogens is 182 g/mol. The Morgan fingerprint density at radius 3 is 2.47 bits per heavy atom. The van der Waals surface area contributed by atoms with Crippen molar-refractivity contribution in [3.8, 4) is 11.3 Å². The summed E-state index contributed by atoms with van der Waals surface area (Å²) in [5, 5.41) is 0. The van der Waals surface area contributed by atoms with Gasteiger partial charge in [-0.3, -0.25) is 4.98 Å². The molecule has 0 spiro atoms. The highest BCUT2D eigenvalue weighted by Gasteiger charge is 2.06. The molecule has 0 aliphatic carbocycles. The van der Waals surface area contributed by atoms with E-state index < -0.39 is 6.85 Å². The third-order valence-electron chi connectivity index (χ3n) is 2.69. The smallest absolute Gasteiger partial charge is 0.0733 e. The number of hydrogen-bond donors (Lipinski definition) is 0. The Kier molecular flexibility index (Phi) is 1.74. The van der Waals surface area contributed by atoms with Gasteiger partial charge in [0.15, 0.2) is 0 Å². The van der Waals surface area contributed by atoms with Crippen LogP contribution in [0, 0.1) is 20.7 Å². The maximum absolute atomic E-state index is 7.48. The molecule has 15 heavy (non-hydrogen) atoms. The number of pyridine rings is 1. The van der Waals surface area contributed by atoms with E-state index in [-0.39, 0.29) is 0 Å². The summed E-state index contributed by atoms with van der Waals surface area (Å²) in [6.45, 7) is 1.65. The predicted molar refractivity (Wildman–Crippen MR) is 63.9 cm³/mol. The lowest BCUT2D eigenvalue weighted by Gasteiger charge is -2.09. The number of hydrogen-bond acceptors (Lipinski definition) is 1. The lowest BCUT2D eigenvalue weighted by Crippen LogP contribution is -1.94. The average Bonchev–Trinajstić information content (AvgIpc) is 2.32. The summed E-state index contributed by atoms with van der Waals surface area (Å²) in [5.41, 5.74) is 3.91. The van der Waals surface area contributed by atoms with Crippen LogP contribution in [0.1, 0.15) is 20.8 Å². The molecule has 2 rings (SSSR count). The molecule has 1 nitrogen and oxygen atoms in total. The summed E-state index contributed by atoms with van der Waals surface area (Å²) in [6.07, 6.45) is 1.47. The molecule has 1 heterocycles. The molecule has 0 unspecified atom stereocenters. The quantitative estimate of drug-likeness (QED) is 0.684. The summed E-state index contributed by atoms with van der Waals surface area (Å²) < 4.78 is 22.4. The molecule has 0 bridgehead atoms. The minimum absolute atomic E-state index is 0.333. The Labute approximate surface area is 95.0 Å². The highest BCUT2D eigenvalue weighted by molar-refractivity contribution is 5.64. The molecule has 2 aromatic rings. The van der Waals surface area contributed by atoms with Gasteiger partial charge in [0, 0.05) is 15.9 Å². The molecule has 1 aromatic heterocycles. The van der Waals surface area contributed by atoms with Crippen molar-refractivity contribution in [1.82, 2.24) is 4.98 Å². The summed E-state index contributed by atoms with van der Waals surface area (Å²) in [4.78, 5) is 4.32. The van der Waals surface area contributed by atoms with Crippen LogP contribution in [0.2, 0.25) is 0 Å². The van der Waals surface area contributed by atoms with E-state index in [1.54, 1.807) is 0 Å². The molecule has 0 fully saturated rings. The van der Waals surface area contributed by atoms with Crippen LogP contribution in [-0.4, -0.2) is 4.98 Å². The van der Waals surface area contributed by atoms with Gasteiger partial charge in [-0.05, 0) is 37.4 Å². The summed E-state index contributed by atoms with van der Waals surface area (Å²) in [6, 6.07) is 9.79. The zero-order chi connectivity index (χ0) is 13.3. The van der Waals surface area contributed by atoms with Gasteiger partial charge in [-0.15, -0.1) is 0 Å². The van der Waals surface area contributed by atoms with Crippen molar-refractivity contribution >= 4 is 0 Å². The SMILES string of the molecule is [2H]C([2H])([2H])c1cnc(-c2ccccc2)c(C)c1C. The van der Waals surface area contributed by atoms with Gasteiger partial charge in [0.2, 0.25) is 0 Å². The van der Waals surface area contributed by atoms with E-state index in [4.69, 9.17) is 4.11 Å². The van der Waals surface area contributed by atoms with Crippen LogP contribution in [0.15, 0.2) is 36.5 Å². The van der Waals surface area contributed by atoms with Crippen molar-refractivity contribution in [1.29, 1.82) is 0 Å². The fourth-order valence-corrected chi connectivity index (χ4v) is 1.59. The Balaban J connectivity index is 2.58. The molecule has 76 valence electrons. The molecule has 0 radical (unpaired) electrons. The van der Waals surface area contributed by atoms with Gasteiger partial charge in [0.05, 0.1) is 5.69 Å². The van der Waals surface area contributed by atoms with E-state index in [0.29, 0.717) is 5.56 Å². The minimum atomic E-state index is -2.10. The lowest BCUT2D eigenvalue weighted by molar-refractivity contribution is 1.17. The van der Waals surface area contributed by atoms with Crippen molar-refractivity contribution in [2.24, 2.45) is 0 Å². The molecule has 1 aromatic carbocycles. The van der Waals surface area contributed by atoms with Gasteiger partial charge in [-0.25, -0.2) is 0 Å². The second-order valence-electron chi connectivity index (χ2n) is 3.64. The monoisotopic (exact) mass is 200 g/mol. The molecule has 0 saturated carbocycles. The van der Waals surface area contributed by atoms with E-state index in [9.17, 15) is 0 Å². The zero-order valence-corrected chi connectivity index (χ0v) is 8.91. The highest BCUT2D eigenvalue weighted by atomic mass is 14.7. The zero-order valence-electron chi connectivity index (χ0n) is 11.9. The molecule has 0 aliphatic rings. The summed E-state index contributed by atoms with van der Waals surface area (Å²) in [5.74, 6) is 0. The van der Waals surface area contributed by atoms with E-state index in [1.165, 1.54) is 6.20 Å². The molecule has 0 atom stereocenters. The van der Waals surface area contributed by atoms with Crippen molar-refractivity contribution in [2.75, 3.05) is 0 Å². The van der Waals surface area contributed by atoms with Crippen LogP contribution in [0.4, 0.5) is 0 Å². The van der Waals surface area contributed by atoms with Gasteiger partial charge >= 0.3 is 0 Å². The van der Waals surface area contributed by atoms with Crippen LogP contribution in [-0.2, 0) is 0 Å². The van der Waals surface area contributed by atoms with E-state index >= 15 is 0 Å². The first-order valence-electron chi connectivity index (χ1n) is 6.43. The molecule has 0 saturated heterocycles. The van der Waals surface area contributed by atoms with Gasteiger partial charge < -0.3 is 0 Å². The van der Waals surface area contributed by atoms with Crippen molar-refractivity contribution < 1.29 is 4.11 Å². The first kappa shape index (κ1) is 6.78. The van der Waals surface area contributed by atoms with E-state index in [0.717, 1.165) is 22.4 Å². The van der Waals surface area contributed by atoms with Crippen LogP contribution >= 0.6 is 0 Å². The first-order chi connectivity index (χ1) is 8.41. The summed E-state index contributed by atoms with van der Waals surface area (Å²) in [7, 11) is 0. The maximum atomic E-state index is 7.48. The maximum Gasteiger partial charge on any atom is 0.0733 e. The fourth-order valence-electron chi connectivity index (χ4n) is 1.59. The second kappa shape index (κ2) is 3.85. The third-order valence-corrected chi connectivity index (χ3v) is 2.69. The van der Waals surface area contributed by atoms with Crippen LogP contribution < -0.4 is 0 Å². The normalized spacial score (nSPS) is 14.1. The second-order valence-corrected chi connectivity index (χ2v) is 3.64. The largest absolute Gasteiger partial charge is 0.256 e. The number of nitrogens with zero attached hydrogens (tertiary/aromatic N) is 1. The van der Waals surface area contributed by atoms with E-state index in [1.807, 2.05) is 44.2 Å². The molecule has 0 amide bonds. The molecule has 0 N–H and O–H groups in total. The van der Waals surface area contributed by atoms with Crippen LogP contribution in [0.3, 0.4) is 0 Å². The fraction of sp³-hybridized carbons (Fsp3) is 0.214. The molecule has 1 heteroatoms. The Morgan fingerprint density at radius 2 is 1.80 bits per heavy atom. The van der Waals surface area contributed by atoms with E-state index in [2.05, 4.69) is 4.98 Å². The van der Waals surface area contributed by atoms with Gasteiger partial charge in [-0.1, -0.05) is 30.3 Å². The standard InChI is InChI=1S/C14H15N/c1-10-9-15-14(12(3)11(10)2)13-7-5-4-6-8-13/h4-9H,1-3H3/i1D3. The third kappa shape index (κ3) is 1.78. The summed E-state index contributed by atoms with van der Waals surface area (Å²) >= 11 is 0. The van der Waals surface area contributed by atoms with Crippen molar-refractivity contribution in [3.63, 3.8) is 0 Å². The van der Waals surface area contributed by atoms with Crippen LogP contribution in [0.5, 0.6) is 0 Å². The van der Waals surface area contributed by atoms with Gasteiger partial charge in [0.1, 0.15) is 0 Å². The first-order valence-corrected chi connectivity index (χ1v) is 4.93. The van der Waals surface area contributed by atoms with Crippen LogP contribution in [0.25, 0.3) is 11.3 Å². The van der Waals surface area contributed by atoms with Crippen molar-refractivity contribution in [3.05, 3.63) is 53.2 Å². The molecule has 0 aliphatic heterocycles. The number of benzene rings is 1. The Hall–Kier alpha value is -1.63. The highest BCUT2D eigenvalue weighted by Crippen LogP contribution is 2.24. The van der Waals surface area contributed by atoms with Crippen molar-refractivity contribution in [2.45, 2.75) is 20.7 Å². The number of rotatable bonds is 1. The minimum Gasteiger partial charge on any atom is -0.256 e. The number of aryl methyl sites for hydroxylation is 1. The Morgan fingerprint density at radius 1 is 1.07 bits per heavy atom. The Bertz CT molecular complexity index is 559. The lowest BCUT2D eigenvalue weighted by atomic mass is 10.0. The van der Waals surface area contributed by atoms with Gasteiger partial charge in [-0.2, -0.15) is 0 Å². The predicted octanol–water partition coefficient (Wildman–Crippen LogP) is 3.67. The molecular formula is C14H15N. The van der Waals surface area contributed by atoms with Gasteiger partial charge in [0.25, 0.3) is 0 Å². The average molecular weight is 200 g/mol. The topological polar surface area (TPSA) is 12.9 Å².